The third kappa shape index (κ3) is 5.33. The minimum atomic E-state index is -0.592. The number of hydrogen-bond donors (Lipinski definition) is 1. The maximum atomic E-state index is 11.1. The van der Waals surface area contributed by atoms with Gasteiger partial charge in [-0.25, -0.2) is 0 Å². The summed E-state index contributed by atoms with van der Waals surface area (Å²) >= 11 is 23.3. The Morgan fingerprint density at radius 1 is 0.900 bits per heavy atom. The Labute approximate surface area is 262 Å². The zero-order valence-electron chi connectivity index (χ0n) is 21.2. The van der Waals surface area contributed by atoms with Gasteiger partial charge in [0.2, 0.25) is 0 Å². The number of hydrogen-bond acceptors (Lipinski definition) is 2. The summed E-state index contributed by atoms with van der Waals surface area (Å²) in [5.41, 5.74) is 9.49. The van der Waals surface area contributed by atoms with Crippen molar-refractivity contribution in [2.45, 2.75) is 17.2 Å². The fourth-order valence-electron chi connectivity index (χ4n) is 5.14. The monoisotopic (exact) mass is 714 g/mol. The van der Waals surface area contributed by atoms with Gasteiger partial charge in [-0.3, -0.25) is 0 Å². The molecule has 1 N–H and O–H groups in total. The summed E-state index contributed by atoms with van der Waals surface area (Å²) in [5.74, 6) is 2.13. The summed E-state index contributed by atoms with van der Waals surface area (Å²) in [7, 11) is 0. The van der Waals surface area contributed by atoms with Crippen molar-refractivity contribution in [2.75, 3.05) is 0 Å². The van der Waals surface area contributed by atoms with Crippen LogP contribution in [0.4, 0.5) is 0 Å². The van der Waals surface area contributed by atoms with Crippen molar-refractivity contribution in [3.05, 3.63) is 127 Å². The van der Waals surface area contributed by atoms with Crippen molar-refractivity contribution in [1.82, 2.24) is 9.78 Å². The predicted molar refractivity (Wildman–Crippen MR) is 172 cm³/mol. The van der Waals surface area contributed by atoms with Crippen LogP contribution in [0.15, 0.2) is 89.5 Å². The van der Waals surface area contributed by atoms with Crippen molar-refractivity contribution in [3.8, 4) is 28.1 Å². The van der Waals surface area contributed by atoms with Gasteiger partial charge in [-0.05, 0) is 18.2 Å². The number of nitrogens with zero attached hydrogens (tertiary/aromatic N) is 2. The predicted octanol–water partition coefficient (Wildman–Crippen LogP) is 10.0. The molecule has 6 rings (SSSR count). The van der Waals surface area contributed by atoms with Gasteiger partial charge in [0.1, 0.15) is 0 Å². The SMILES string of the molecule is C[Se]CC(O)c1cc(Cl)cc2c1-c1ccc(Cl)cc1C2=Cc1cn(-c2ccc(Cl)cc2)nc1-c1cccc(Br)c1. The van der Waals surface area contributed by atoms with Crippen LogP contribution in [-0.4, -0.2) is 29.8 Å². The number of rotatable bonds is 6. The molecule has 1 atom stereocenters. The molecule has 1 aromatic heterocycles. The van der Waals surface area contributed by atoms with E-state index in [0.29, 0.717) is 35.3 Å². The van der Waals surface area contributed by atoms with E-state index in [9.17, 15) is 5.11 Å². The molecule has 40 heavy (non-hydrogen) atoms. The topological polar surface area (TPSA) is 38.0 Å². The Bertz CT molecular complexity index is 1780. The number of halogens is 4. The van der Waals surface area contributed by atoms with E-state index in [-0.39, 0.29) is 0 Å². The van der Waals surface area contributed by atoms with Crippen LogP contribution >= 0.6 is 50.7 Å². The molecule has 0 aliphatic heterocycles. The molecule has 4 aromatic carbocycles. The molecule has 0 saturated carbocycles. The maximum absolute atomic E-state index is 11.1. The van der Waals surface area contributed by atoms with Crippen LogP contribution in [0.1, 0.15) is 28.4 Å². The van der Waals surface area contributed by atoms with E-state index in [4.69, 9.17) is 39.9 Å². The molecule has 1 unspecified atom stereocenters. The van der Waals surface area contributed by atoms with E-state index >= 15 is 0 Å². The molecule has 5 aromatic rings. The molecule has 1 aliphatic carbocycles. The van der Waals surface area contributed by atoms with E-state index in [1.807, 2.05) is 83.7 Å². The Balaban J connectivity index is 1.61. The van der Waals surface area contributed by atoms with Crippen LogP contribution in [0, 0.1) is 0 Å². The van der Waals surface area contributed by atoms with Gasteiger partial charge in [-0.1, -0.05) is 27.5 Å². The van der Waals surface area contributed by atoms with E-state index in [2.05, 4.69) is 33.9 Å². The molecule has 0 spiro atoms. The molecule has 1 aliphatic rings. The number of benzene rings is 4. The van der Waals surface area contributed by atoms with Crippen molar-refractivity contribution in [1.29, 1.82) is 0 Å². The Morgan fingerprint density at radius 2 is 1.65 bits per heavy atom. The molecule has 3 nitrogen and oxygen atoms in total. The first-order valence-electron chi connectivity index (χ1n) is 12.5. The van der Waals surface area contributed by atoms with Crippen molar-refractivity contribution >= 4 is 77.3 Å². The summed E-state index contributed by atoms with van der Waals surface area (Å²) in [5, 5.41) is 18.7. The first kappa shape index (κ1) is 27.8. The molecule has 8 heteroatoms. The molecule has 1 heterocycles. The molecule has 200 valence electrons. The fraction of sp³-hybridized carbons (Fsp3) is 0.0938. The van der Waals surface area contributed by atoms with Crippen LogP contribution in [0.2, 0.25) is 26.2 Å². The zero-order valence-corrected chi connectivity index (χ0v) is 26.8. The van der Waals surface area contributed by atoms with Gasteiger partial charge in [0.05, 0.1) is 0 Å². The van der Waals surface area contributed by atoms with Gasteiger partial charge in [0, 0.05) is 5.02 Å². The van der Waals surface area contributed by atoms with Crippen LogP contribution in [0.5, 0.6) is 0 Å². The van der Waals surface area contributed by atoms with E-state index in [1.54, 1.807) is 0 Å². The normalized spacial score (nSPS) is 13.9. The molecule has 0 bridgehead atoms. The Hall–Kier alpha value is -2.34. The number of aromatic nitrogens is 2. The Kier molecular flexibility index (Phi) is 8.00. The molecule has 0 radical (unpaired) electrons. The van der Waals surface area contributed by atoms with Gasteiger partial charge in [0.25, 0.3) is 0 Å². The molecular weight excluding hydrogens is 694 g/mol. The Morgan fingerprint density at radius 3 is 2.40 bits per heavy atom. The second-order valence-electron chi connectivity index (χ2n) is 9.50. The summed E-state index contributed by atoms with van der Waals surface area (Å²) in [4.78, 5) is 0. The van der Waals surface area contributed by atoms with Crippen LogP contribution in [0.3, 0.4) is 0 Å². The van der Waals surface area contributed by atoms with Crippen LogP contribution in [-0.2, 0) is 0 Å². The third-order valence-electron chi connectivity index (χ3n) is 6.88. The first-order chi connectivity index (χ1) is 19.3. The fourth-order valence-corrected chi connectivity index (χ4v) is 7.11. The standard InChI is InChI=1S/C32H22BrCl3N2OSe/c1-40-17-30(39)29-15-23(36)14-28-26(27-13-22(35)7-10-25(27)31(28)29)12-19-16-38(24-8-5-21(34)6-9-24)37-32(19)18-3-2-4-20(33)11-18/h2-16,30,39H,17H2,1H3. The number of aliphatic hydroxyl groups is 1. The average molecular weight is 716 g/mol. The van der Waals surface area contributed by atoms with Crippen molar-refractivity contribution in [3.63, 3.8) is 0 Å². The van der Waals surface area contributed by atoms with Crippen molar-refractivity contribution in [2.24, 2.45) is 0 Å². The average Bonchev–Trinajstić information content (AvgIpc) is 3.48. The first-order valence-corrected chi connectivity index (χ1v) is 17.3. The second-order valence-corrected chi connectivity index (χ2v) is 13.6. The van der Waals surface area contributed by atoms with E-state index < -0.39 is 6.10 Å². The summed E-state index contributed by atoms with van der Waals surface area (Å²) in [6.45, 7) is 0. The van der Waals surface area contributed by atoms with Crippen molar-refractivity contribution < 1.29 is 5.11 Å². The van der Waals surface area contributed by atoms with Gasteiger partial charge in [-0.2, -0.15) is 0 Å². The molecule has 0 saturated heterocycles. The molecular formula is C32H22BrCl3N2OSe. The van der Waals surface area contributed by atoms with Gasteiger partial charge < -0.3 is 0 Å². The number of fused-ring (bicyclic) bond motifs is 3. The van der Waals surface area contributed by atoms with Crippen LogP contribution in [0.25, 0.3) is 39.7 Å². The summed E-state index contributed by atoms with van der Waals surface area (Å²) in [6.07, 6.45) is 3.58. The second kappa shape index (κ2) is 11.5. The summed E-state index contributed by atoms with van der Waals surface area (Å²) < 4.78 is 2.83. The van der Waals surface area contributed by atoms with Gasteiger partial charge >= 0.3 is 214 Å². The van der Waals surface area contributed by atoms with Crippen LogP contribution < -0.4 is 0 Å². The molecule has 0 amide bonds. The van der Waals surface area contributed by atoms with Gasteiger partial charge in [-0.15, -0.1) is 0 Å². The minimum absolute atomic E-state index is 0.309. The summed E-state index contributed by atoms with van der Waals surface area (Å²) in [6, 6.07) is 25.5. The number of aliphatic hydroxyl groups excluding tert-OH is 1. The zero-order chi connectivity index (χ0) is 28.0. The molecule has 0 fully saturated rings. The third-order valence-corrected chi connectivity index (χ3v) is 9.44. The van der Waals surface area contributed by atoms with E-state index in [1.165, 1.54) is 0 Å². The van der Waals surface area contributed by atoms with E-state index in [0.717, 1.165) is 60.4 Å². The van der Waals surface area contributed by atoms with Gasteiger partial charge in [0.15, 0.2) is 0 Å². The quantitative estimate of drug-likeness (QED) is 0.175.